The summed E-state index contributed by atoms with van der Waals surface area (Å²) in [5, 5.41) is 0. The Balaban J connectivity index is 2.23. The van der Waals surface area contributed by atoms with Gasteiger partial charge in [0.25, 0.3) is 5.56 Å². The van der Waals surface area contributed by atoms with Crippen molar-refractivity contribution >= 4 is 23.7 Å². The molecule has 0 saturated carbocycles. The van der Waals surface area contributed by atoms with Crippen LogP contribution in [0.25, 0.3) is 6.08 Å². The molecule has 1 aliphatic heterocycles. The fraction of sp³-hybridized carbons (Fsp3) is 0.304. The number of hydrogen-bond donors (Lipinski definition) is 1. The van der Waals surface area contributed by atoms with Crippen LogP contribution in [0.15, 0.2) is 46.4 Å². The molecule has 0 radical (unpaired) electrons. The third kappa shape index (κ3) is 4.17. The van der Waals surface area contributed by atoms with E-state index < -0.39 is 0 Å². The maximum absolute atomic E-state index is 13.4. The number of anilines is 1. The summed E-state index contributed by atoms with van der Waals surface area (Å²) < 4.78 is 6.97. The maximum atomic E-state index is 13.4. The zero-order chi connectivity index (χ0) is 21.1. The van der Waals surface area contributed by atoms with E-state index >= 15 is 0 Å². The molecule has 29 heavy (non-hydrogen) atoms. The fourth-order valence-corrected chi connectivity index (χ4v) is 3.50. The molecule has 0 saturated heterocycles. The highest BCUT2D eigenvalue weighted by Crippen LogP contribution is 2.32. The predicted molar refractivity (Wildman–Crippen MR) is 120 cm³/mol. The Hall–Kier alpha value is -3.12. The predicted octanol–water partition coefficient (Wildman–Crippen LogP) is 3.13. The highest BCUT2D eigenvalue weighted by Gasteiger charge is 2.21. The van der Waals surface area contributed by atoms with Crippen LogP contribution >= 0.6 is 0 Å². The molecule has 6 nitrogen and oxygen atoms in total. The molecule has 0 amide bonds. The number of fused-ring (bicyclic) bond motifs is 2. The number of allylic oxidation sites excluding steroid dienone is 1. The van der Waals surface area contributed by atoms with Gasteiger partial charge in [0.15, 0.2) is 0 Å². The molecule has 0 aliphatic carbocycles. The Morgan fingerprint density at radius 2 is 2.17 bits per heavy atom. The lowest BCUT2D eigenvalue weighted by molar-refractivity contribution is 0.309. The Morgan fingerprint density at radius 1 is 1.41 bits per heavy atom. The molecule has 0 spiro atoms. The van der Waals surface area contributed by atoms with Crippen LogP contribution in [-0.4, -0.2) is 43.4 Å². The molecule has 3 rings (SSSR count). The van der Waals surface area contributed by atoms with E-state index in [1.54, 1.807) is 19.3 Å². The first-order chi connectivity index (χ1) is 13.8. The number of rotatable bonds is 6. The standard InChI is InChI=1S/C23H28N4O2/c1-15(29-5)9-10-18-16(2)19-14-25-22-17(7-6-8-20(22)24)13-21(19)27(23(18)28)12-11-26(3)4/h6-10,14H,1,11-13,24H2,2-5H3/b10-9-. The average molecular weight is 393 g/mol. The SMILES string of the molecule is C=C(/C=C\c1c(C)c2c(n(CCN(C)C)c1=O)Cc1cccc(N)c1N=C2)OC. The van der Waals surface area contributed by atoms with E-state index in [2.05, 4.69) is 16.5 Å². The molecule has 6 heteroatoms. The maximum Gasteiger partial charge on any atom is 0.258 e. The molecular weight excluding hydrogens is 364 g/mol. The molecule has 1 aliphatic rings. The number of para-hydroxylation sites is 1. The highest BCUT2D eigenvalue weighted by atomic mass is 16.5. The summed E-state index contributed by atoms with van der Waals surface area (Å²) in [4.78, 5) is 20.2. The van der Waals surface area contributed by atoms with E-state index in [9.17, 15) is 4.79 Å². The number of likely N-dealkylation sites (N-methyl/N-ethyl adjacent to an activating group) is 1. The van der Waals surface area contributed by atoms with Gasteiger partial charge < -0.3 is 19.9 Å². The second-order valence-corrected chi connectivity index (χ2v) is 7.45. The van der Waals surface area contributed by atoms with Crippen LogP contribution in [0, 0.1) is 6.92 Å². The molecule has 1 aromatic heterocycles. The number of benzene rings is 1. The van der Waals surface area contributed by atoms with Crippen molar-refractivity contribution in [3.05, 3.63) is 74.9 Å². The van der Waals surface area contributed by atoms with Crippen molar-refractivity contribution in [2.45, 2.75) is 19.9 Å². The van der Waals surface area contributed by atoms with Crippen molar-refractivity contribution in [3.63, 3.8) is 0 Å². The number of aromatic nitrogens is 1. The lowest BCUT2D eigenvalue weighted by atomic mass is 9.98. The van der Waals surface area contributed by atoms with Crippen LogP contribution < -0.4 is 11.3 Å². The Bertz CT molecular complexity index is 1060. The number of nitrogens with two attached hydrogens (primary N) is 1. The Labute approximate surface area is 171 Å². The molecule has 1 aromatic carbocycles. The number of nitrogens with zero attached hydrogens (tertiary/aromatic N) is 3. The molecule has 0 unspecified atom stereocenters. The summed E-state index contributed by atoms with van der Waals surface area (Å²) >= 11 is 0. The van der Waals surface area contributed by atoms with Gasteiger partial charge in [-0.1, -0.05) is 18.7 Å². The van der Waals surface area contributed by atoms with Gasteiger partial charge in [0.1, 0.15) is 5.76 Å². The first kappa shape index (κ1) is 20.6. The van der Waals surface area contributed by atoms with Gasteiger partial charge in [-0.3, -0.25) is 9.79 Å². The highest BCUT2D eigenvalue weighted by molar-refractivity contribution is 5.90. The van der Waals surface area contributed by atoms with Crippen LogP contribution in [0.4, 0.5) is 11.4 Å². The van der Waals surface area contributed by atoms with Gasteiger partial charge in [-0.25, -0.2) is 0 Å². The molecule has 2 heterocycles. The minimum absolute atomic E-state index is 0.0241. The molecule has 2 N–H and O–H groups in total. The van der Waals surface area contributed by atoms with Crippen LogP contribution in [0.2, 0.25) is 0 Å². The number of methoxy groups -OCH3 is 1. The van der Waals surface area contributed by atoms with Gasteiger partial charge >= 0.3 is 0 Å². The minimum Gasteiger partial charge on any atom is -0.497 e. The van der Waals surface area contributed by atoms with E-state index in [1.165, 1.54) is 0 Å². The zero-order valence-corrected chi connectivity index (χ0v) is 17.5. The van der Waals surface area contributed by atoms with Gasteiger partial charge in [0, 0.05) is 42.5 Å². The summed E-state index contributed by atoms with van der Waals surface area (Å²) in [6.45, 7) is 7.10. The van der Waals surface area contributed by atoms with Gasteiger partial charge in [-0.05, 0) is 50.4 Å². The normalized spacial score (nSPS) is 12.7. The average Bonchev–Trinajstić information content (AvgIpc) is 2.88. The fourth-order valence-electron chi connectivity index (χ4n) is 3.50. The number of aliphatic imine (C=N–C) groups is 1. The Kier molecular flexibility index (Phi) is 6.03. The van der Waals surface area contributed by atoms with E-state index in [1.807, 2.05) is 50.0 Å². The summed E-state index contributed by atoms with van der Waals surface area (Å²) in [6, 6.07) is 5.80. The summed E-state index contributed by atoms with van der Waals surface area (Å²) in [6.07, 6.45) is 5.93. The molecule has 152 valence electrons. The van der Waals surface area contributed by atoms with Gasteiger partial charge in [0.2, 0.25) is 0 Å². The second-order valence-electron chi connectivity index (χ2n) is 7.45. The van der Waals surface area contributed by atoms with Crippen molar-refractivity contribution < 1.29 is 4.74 Å². The monoisotopic (exact) mass is 392 g/mol. The summed E-state index contributed by atoms with van der Waals surface area (Å²) in [7, 11) is 5.55. The van der Waals surface area contributed by atoms with Crippen LogP contribution in [0.5, 0.6) is 0 Å². The van der Waals surface area contributed by atoms with Gasteiger partial charge in [-0.2, -0.15) is 0 Å². The first-order valence-electron chi connectivity index (χ1n) is 9.57. The number of pyridine rings is 1. The molecule has 2 aromatic rings. The second kappa shape index (κ2) is 8.49. The van der Waals surface area contributed by atoms with E-state index in [4.69, 9.17) is 10.5 Å². The lowest BCUT2D eigenvalue weighted by Gasteiger charge is -2.20. The van der Waals surface area contributed by atoms with Crippen LogP contribution in [-0.2, 0) is 17.7 Å². The van der Waals surface area contributed by atoms with Crippen LogP contribution in [0.1, 0.15) is 27.9 Å². The topological polar surface area (TPSA) is 72.9 Å². The largest absolute Gasteiger partial charge is 0.497 e. The number of nitrogen functional groups attached to an aromatic ring is 1. The van der Waals surface area contributed by atoms with Crippen LogP contribution in [0.3, 0.4) is 0 Å². The third-order valence-corrected chi connectivity index (χ3v) is 5.22. The van der Waals surface area contributed by atoms with E-state index in [-0.39, 0.29) is 5.56 Å². The molecule has 0 bridgehead atoms. The van der Waals surface area contributed by atoms with E-state index in [0.29, 0.717) is 30.0 Å². The van der Waals surface area contributed by atoms with Crippen molar-refractivity contribution in [2.75, 3.05) is 33.5 Å². The zero-order valence-electron chi connectivity index (χ0n) is 17.5. The Morgan fingerprint density at radius 3 is 2.86 bits per heavy atom. The minimum atomic E-state index is -0.0241. The third-order valence-electron chi connectivity index (χ3n) is 5.22. The van der Waals surface area contributed by atoms with Crippen molar-refractivity contribution in [1.29, 1.82) is 0 Å². The van der Waals surface area contributed by atoms with Crippen molar-refractivity contribution in [2.24, 2.45) is 4.99 Å². The number of hydrogen-bond acceptors (Lipinski definition) is 5. The molecule has 0 atom stereocenters. The molecular formula is C23H28N4O2. The number of ether oxygens (including phenoxy) is 1. The quantitative estimate of drug-likeness (QED) is 0.397. The lowest BCUT2D eigenvalue weighted by Crippen LogP contribution is -2.32. The van der Waals surface area contributed by atoms with E-state index in [0.717, 1.165) is 34.6 Å². The summed E-state index contributed by atoms with van der Waals surface area (Å²) in [5.74, 6) is 0.493. The summed E-state index contributed by atoms with van der Waals surface area (Å²) in [5.41, 5.74) is 12.0. The van der Waals surface area contributed by atoms with Gasteiger partial charge in [-0.15, -0.1) is 0 Å². The van der Waals surface area contributed by atoms with Crippen molar-refractivity contribution in [1.82, 2.24) is 9.47 Å². The smallest absolute Gasteiger partial charge is 0.258 e. The molecule has 0 fully saturated rings. The first-order valence-corrected chi connectivity index (χ1v) is 9.57. The van der Waals surface area contributed by atoms with Gasteiger partial charge in [0.05, 0.1) is 18.5 Å². The van der Waals surface area contributed by atoms with Crippen molar-refractivity contribution in [3.8, 4) is 0 Å².